The summed E-state index contributed by atoms with van der Waals surface area (Å²) in [5, 5.41) is 5.51. The Morgan fingerprint density at radius 2 is 1.98 bits per heavy atom. The molecule has 3 saturated heterocycles. The molecule has 0 saturated carbocycles. The quantitative estimate of drug-likeness (QED) is 0.396. The van der Waals surface area contributed by atoms with Crippen LogP contribution in [0.3, 0.4) is 0 Å². The number of morpholine rings is 1. The summed E-state index contributed by atoms with van der Waals surface area (Å²) in [5.41, 5.74) is 4.80. The molecule has 0 radical (unpaired) electrons. The van der Waals surface area contributed by atoms with Crippen LogP contribution in [0.25, 0.3) is 0 Å². The third kappa shape index (κ3) is 5.18. The lowest BCUT2D eigenvalue weighted by Gasteiger charge is -2.37. The van der Waals surface area contributed by atoms with Crippen molar-refractivity contribution in [3.8, 4) is 6.01 Å². The molecule has 3 atom stereocenters. The van der Waals surface area contributed by atoms with Gasteiger partial charge in [0.2, 0.25) is 0 Å². The van der Waals surface area contributed by atoms with E-state index in [0.29, 0.717) is 83.7 Å². The minimum Gasteiger partial charge on any atom is -0.461 e. The van der Waals surface area contributed by atoms with Gasteiger partial charge in [0.15, 0.2) is 5.69 Å². The van der Waals surface area contributed by atoms with E-state index in [4.69, 9.17) is 40.9 Å². The highest BCUT2D eigenvalue weighted by atomic mass is 35.5. The van der Waals surface area contributed by atoms with Gasteiger partial charge in [0.1, 0.15) is 18.6 Å². The number of fused-ring (bicyclic) bond motifs is 5. The zero-order valence-corrected chi connectivity index (χ0v) is 27.9. The zero-order valence-electron chi connectivity index (χ0n) is 27.1. The molecule has 0 N–H and O–H groups in total. The fourth-order valence-corrected chi connectivity index (χ4v) is 9.27. The monoisotopic (exact) mass is 677 g/mol. The summed E-state index contributed by atoms with van der Waals surface area (Å²) in [7, 11) is 0. The lowest BCUT2D eigenvalue weighted by molar-refractivity contribution is -0.0730. The van der Waals surface area contributed by atoms with Gasteiger partial charge >= 0.3 is 6.01 Å². The van der Waals surface area contributed by atoms with Crippen LogP contribution in [-0.4, -0.2) is 99.7 Å². The van der Waals surface area contributed by atoms with E-state index < -0.39 is 11.8 Å². The highest BCUT2D eigenvalue weighted by Gasteiger charge is 2.50. The lowest BCUT2D eigenvalue weighted by atomic mass is 9.87. The Labute approximate surface area is 284 Å². The van der Waals surface area contributed by atoms with Gasteiger partial charge in [-0.15, -0.1) is 0 Å². The van der Waals surface area contributed by atoms with Gasteiger partial charge in [0, 0.05) is 56.2 Å². The number of hydrogen-bond acceptors (Lipinski definition) is 9. The third-order valence-electron chi connectivity index (χ3n) is 11.4. The maximum atomic E-state index is 14.6. The molecule has 1 spiro atoms. The molecule has 11 nitrogen and oxygen atoms in total. The fourth-order valence-electron chi connectivity index (χ4n) is 9.01. The number of anilines is 1. The number of ether oxygens (including phenoxy) is 3. The molecule has 1 aromatic carbocycles. The molecule has 48 heavy (non-hydrogen) atoms. The maximum absolute atomic E-state index is 14.6. The molecule has 9 rings (SSSR count). The maximum Gasteiger partial charge on any atom is 0.318 e. The second-order valence-electron chi connectivity index (χ2n) is 14.3. The highest BCUT2D eigenvalue weighted by Crippen LogP contribution is 2.49. The van der Waals surface area contributed by atoms with Crippen LogP contribution in [0.1, 0.15) is 70.7 Å². The summed E-state index contributed by atoms with van der Waals surface area (Å²) >= 11 is 6.63. The number of nitrogens with zero attached hydrogens (tertiary/aromatic N) is 7. The van der Waals surface area contributed by atoms with Crippen LogP contribution < -0.4 is 9.64 Å². The summed E-state index contributed by atoms with van der Waals surface area (Å²) in [6.07, 6.45) is 4.74. The topological polar surface area (TPSA) is 98.1 Å². The van der Waals surface area contributed by atoms with Crippen molar-refractivity contribution < 1.29 is 23.4 Å². The van der Waals surface area contributed by atoms with E-state index in [1.807, 2.05) is 27.8 Å². The molecule has 0 bridgehead atoms. The molecule has 3 aromatic rings. The van der Waals surface area contributed by atoms with E-state index in [2.05, 4.69) is 15.9 Å². The largest absolute Gasteiger partial charge is 0.461 e. The number of aryl methyl sites for hydroxylation is 1. The van der Waals surface area contributed by atoms with Crippen LogP contribution in [0.4, 0.5) is 10.2 Å². The third-order valence-corrected chi connectivity index (χ3v) is 11.8. The standard InChI is InChI=1S/C35H41ClFN7O4/c36-28-5-1-4-27-25(28)6-8-35(27)18-30-26(21-48-35)31(39-33(38-30)47-22-34-7-2-10-43(34)19-23(37)17-34)42-9-3-11-44-24(20-42)16-29(40-44)32(45)41-12-14-46-15-13-41/h1,4-5,16,23H,2-3,6-15,17-22H2/t23-,34+,35+/m1/s1. The van der Waals surface area contributed by atoms with Crippen LogP contribution >= 0.6 is 11.6 Å². The first-order chi connectivity index (χ1) is 23.4. The van der Waals surface area contributed by atoms with Crippen molar-refractivity contribution in [3.63, 3.8) is 0 Å². The average Bonchev–Trinajstić information content (AvgIpc) is 3.82. The number of alkyl halides is 1. The molecule has 0 unspecified atom stereocenters. The Bertz CT molecular complexity index is 1750. The van der Waals surface area contributed by atoms with Gasteiger partial charge in [-0.3, -0.25) is 14.4 Å². The molecular formula is C35H41ClFN7O4. The van der Waals surface area contributed by atoms with Gasteiger partial charge in [-0.25, -0.2) is 4.39 Å². The number of rotatable bonds is 5. The summed E-state index contributed by atoms with van der Waals surface area (Å²) in [4.78, 5) is 29.7. The molecule has 1 amide bonds. The van der Waals surface area contributed by atoms with Gasteiger partial charge in [-0.2, -0.15) is 15.1 Å². The second kappa shape index (κ2) is 11.9. The molecule has 13 heteroatoms. The molecule has 2 aromatic heterocycles. The minimum atomic E-state index is -0.831. The Morgan fingerprint density at radius 1 is 1.08 bits per heavy atom. The zero-order chi connectivity index (χ0) is 32.5. The van der Waals surface area contributed by atoms with Crippen molar-refractivity contribution in [1.29, 1.82) is 0 Å². The van der Waals surface area contributed by atoms with Gasteiger partial charge in [-0.1, -0.05) is 23.7 Å². The van der Waals surface area contributed by atoms with Crippen molar-refractivity contribution in [3.05, 3.63) is 63.1 Å². The summed E-state index contributed by atoms with van der Waals surface area (Å²) < 4.78 is 35.3. The van der Waals surface area contributed by atoms with Crippen LogP contribution in [-0.2, 0) is 47.6 Å². The van der Waals surface area contributed by atoms with Crippen LogP contribution in [0.5, 0.6) is 6.01 Å². The van der Waals surface area contributed by atoms with Gasteiger partial charge < -0.3 is 24.0 Å². The van der Waals surface area contributed by atoms with Crippen molar-refractivity contribution in [1.82, 2.24) is 29.5 Å². The SMILES string of the molecule is O=C(c1cc2n(n1)CCCN(c1nc(OC[C@@]34CCCN3C[C@H](F)C4)nc3c1CO[C@@]1(CCc4c(Cl)cccc41)C3)C2)N1CCOCC1. The van der Waals surface area contributed by atoms with E-state index in [0.717, 1.165) is 84.1 Å². The summed E-state index contributed by atoms with van der Waals surface area (Å²) in [6.45, 7) is 6.36. The number of benzene rings is 1. The van der Waals surface area contributed by atoms with Gasteiger partial charge in [0.25, 0.3) is 5.91 Å². The number of hydrogen-bond donors (Lipinski definition) is 0. The molecule has 6 aliphatic rings. The van der Waals surface area contributed by atoms with E-state index >= 15 is 0 Å². The molecule has 7 heterocycles. The highest BCUT2D eigenvalue weighted by molar-refractivity contribution is 6.31. The number of amides is 1. The van der Waals surface area contributed by atoms with Gasteiger partial charge in [-0.05, 0) is 61.9 Å². The second-order valence-corrected chi connectivity index (χ2v) is 14.7. The Hall–Kier alpha value is -3.32. The summed E-state index contributed by atoms with van der Waals surface area (Å²) in [6, 6.07) is 8.33. The Kier molecular flexibility index (Phi) is 7.63. The first kappa shape index (κ1) is 30.7. The molecule has 1 aliphatic carbocycles. The fraction of sp³-hybridized carbons (Fsp3) is 0.600. The van der Waals surface area contributed by atoms with Crippen LogP contribution in [0.15, 0.2) is 24.3 Å². The molecule has 3 fully saturated rings. The van der Waals surface area contributed by atoms with Crippen LogP contribution in [0.2, 0.25) is 5.02 Å². The van der Waals surface area contributed by atoms with E-state index in [9.17, 15) is 9.18 Å². The minimum absolute atomic E-state index is 0.0565. The molecule has 254 valence electrons. The number of carbonyl (C=O) groups is 1. The lowest BCUT2D eigenvalue weighted by Crippen LogP contribution is -2.43. The number of carbonyl (C=O) groups excluding carboxylic acids is 1. The van der Waals surface area contributed by atoms with Crippen LogP contribution in [0, 0.1) is 0 Å². The molecule has 5 aliphatic heterocycles. The van der Waals surface area contributed by atoms with Gasteiger partial charge in [0.05, 0.1) is 48.9 Å². The predicted octanol–water partition coefficient (Wildman–Crippen LogP) is 4.08. The first-order valence-corrected chi connectivity index (χ1v) is 17.8. The van der Waals surface area contributed by atoms with E-state index in [1.54, 1.807) is 0 Å². The molecular weight excluding hydrogens is 637 g/mol. The first-order valence-electron chi connectivity index (χ1n) is 17.4. The smallest absolute Gasteiger partial charge is 0.318 e. The van der Waals surface area contributed by atoms with Crippen molar-refractivity contribution in [2.24, 2.45) is 0 Å². The van der Waals surface area contributed by atoms with Crippen molar-refractivity contribution in [2.45, 2.75) is 82.0 Å². The Morgan fingerprint density at radius 3 is 2.88 bits per heavy atom. The average molecular weight is 678 g/mol. The number of aromatic nitrogens is 4. The Balaban J connectivity index is 1.05. The van der Waals surface area contributed by atoms with Crippen molar-refractivity contribution in [2.75, 3.05) is 57.4 Å². The summed E-state index contributed by atoms with van der Waals surface area (Å²) in [5.74, 6) is 0.736. The predicted molar refractivity (Wildman–Crippen MR) is 175 cm³/mol. The van der Waals surface area contributed by atoms with Crippen molar-refractivity contribution >= 4 is 23.3 Å². The van der Waals surface area contributed by atoms with E-state index in [1.165, 1.54) is 0 Å². The normalized spacial score (nSPS) is 28.2. The van der Waals surface area contributed by atoms with E-state index in [-0.39, 0.29) is 11.4 Å². The number of halogens is 2.